The van der Waals surface area contributed by atoms with E-state index in [1.807, 2.05) is 34.6 Å². The summed E-state index contributed by atoms with van der Waals surface area (Å²) in [5, 5.41) is 5.22. The number of carbonyl (C=O) groups excluding carboxylic acids is 2. The van der Waals surface area contributed by atoms with Crippen molar-refractivity contribution in [2.24, 2.45) is 5.92 Å². The number of hydrogen-bond acceptors (Lipinski definition) is 3. The van der Waals surface area contributed by atoms with E-state index >= 15 is 0 Å². The van der Waals surface area contributed by atoms with Crippen molar-refractivity contribution in [3.8, 4) is 0 Å². The van der Waals surface area contributed by atoms with E-state index in [-0.39, 0.29) is 30.6 Å². The maximum atomic E-state index is 11.3. The first kappa shape index (κ1) is 15.9. The number of carbonyl (C=O) groups is 2. The summed E-state index contributed by atoms with van der Waals surface area (Å²) in [6.07, 6.45) is 0. The van der Waals surface area contributed by atoms with Crippen LogP contribution in [0.3, 0.4) is 0 Å². The Morgan fingerprint density at radius 3 is 2.18 bits per heavy atom. The van der Waals surface area contributed by atoms with Crippen LogP contribution < -0.4 is 10.6 Å². The Labute approximate surface area is 103 Å². The van der Waals surface area contributed by atoms with Gasteiger partial charge in [0.2, 0.25) is 11.8 Å². The molecule has 0 aliphatic carbocycles. The number of amides is 2. The lowest BCUT2D eigenvalue weighted by atomic mass is 10.2. The van der Waals surface area contributed by atoms with Gasteiger partial charge >= 0.3 is 0 Å². The van der Waals surface area contributed by atoms with Crippen LogP contribution in [-0.2, 0) is 14.3 Å². The van der Waals surface area contributed by atoms with Crippen LogP contribution in [0.2, 0.25) is 0 Å². The lowest BCUT2D eigenvalue weighted by Gasteiger charge is -2.18. The van der Waals surface area contributed by atoms with Gasteiger partial charge in [0.15, 0.2) is 0 Å². The van der Waals surface area contributed by atoms with Gasteiger partial charge in [0.05, 0.1) is 12.1 Å². The van der Waals surface area contributed by atoms with Crippen LogP contribution in [0.4, 0.5) is 0 Å². The molecule has 0 fully saturated rings. The van der Waals surface area contributed by atoms with E-state index in [1.165, 1.54) is 0 Å². The molecule has 0 heterocycles. The fourth-order valence-electron chi connectivity index (χ4n) is 0.892. The molecular weight excluding hydrogens is 220 g/mol. The van der Waals surface area contributed by atoms with E-state index in [2.05, 4.69) is 10.6 Å². The van der Waals surface area contributed by atoms with E-state index in [0.29, 0.717) is 12.5 Å². The Morgan fingerprint density at radius 2 is 1.71 bits per heavy atom. The second-order valence-electron chi connectivity index (χ2n) is 5.38. The molecule has 0 unspecified atom stereocenters. The Kier molecular flexibility index (Phi) is 6.80. The zero-order valence-electron chi connectivity index (χ0n) is 11.4. The molecule has 0 atom stereocenters. The molecule has 0 aromatic rings. The molecule has 2 amide bonds. The molecular formula is C12H24N2O3. The van der Waals surface area contributed by atoms with Gasteiger partial charge in [-0.15, -0.1) is 0 Å². The largest absolute Gasteiger partial charge is 0.366 e. The highest BCUT2D eigenvalue weighted by Gasteiger charge is 2.13. The Balaban J connectivity index is 3.66. The van der Waals surface area contributed by atoms with E-state index < -0.39 is 0 Å². The quantitative estimate of drug-likeness (QED) is 0.722. The predicted molar refractivity (Wildman–Crippen MR) is 66.6 cm³/mol. The Morgan fingerprint density at radius 1 is 1.12 bits per heavy atom. The number of nitrogens with one attached hydrogen (secondary N) is 2. The minimum atomic E-state index is -0.350. The molecule has 0 spiro atoms. The second-order valence-corrected chi connectivity index (χ2v) is 5.38. The molecule has 0 saturated carbocycles. The third-order valence-corrected chi connectivity index (χ3v) is 1.79. The van der Waals surface area contributed by atoms with Gasteiger partial charge in [-0.2, -0.15) is 0 Å². The minimum Gasteiger partial charge on any atom is -0.366 e. The van der Waals surface area contributed by atoms with E-state index in [9.17, 15) is 9.59 Å². The smallest absolute Gasteiger partial charge is 0.246 e. The fourth-order valence-corrected chi connectivity index (χ4v) is 0.892. The highest BCUT2D eigenvalue weighted by Crippen LogP contribution is 2.05. The predicted octanol–water partition coefficient (Wildman–Crippen LogP) is 0.690. The van der Waals surface area contributed by atoms with Gasteiger partial charge in [0, 0.05) is 6.54 Å². The number of rotatable bonds is 6. The van der Waals surface area contributed by atoms with Crippen LogP contribution in [-0.4, -0.2) is 37.1 Å². The summed E-state index contributed by atoms with van der Waals surface area (Å²) < 4.78 is 5.28. The third-order valence-electron chi connectivity index (χ3n) is 1.79. The van der Waals surface area contributed by atoms with Gasteiger partial charge in [-0.3, -0.25) is 9.59 Å². The molecule has 0 bridgehead atoms. The Bertz CT molecular complexity index is 257. The molecule has 100 valence electrons. The van der Waals surface area contributed by atoms with Crippen molar-refractivity contribution in [1.82, 2.24) is 10.6 Å². The first-order valence-corrected chi connectivity index (χ1v) is 5.88. The molecule has 5 heteroatoms. The van der Waals surface area contributed by atoms with Gasteiger partial charge in [-0.1, -0.05) is 13.8 Å². The maximum Gasteiger partial charge on any atom is 0.246 e. The van der Waals surface area contributed by atoms with Gasteiger partial charge in [-0.05, 0) is 26.7 Å². The van der Waals surface area contributed by atoms with Crippen molar-refractivity contribution in [1.29, 1.82) is 0 Å². The van der Waals surface area contributed by atoms with Crippen molar-refractivity contribution in [2.75, 3.05) is 19.7 Å². The molecule has 2 N–H and O–H groups in total. The molecule has 0 saturated heterocycles. The van der Waals surface area contributed by atoms with Crippen LogP contribution in [0.1, 0.15) is 34.6 Å². The summed E-state index contributed by atoms with van der Waals surface area (Å²) in [4.78, 5) is 22.6. The lowest BCUT2D eigenvalue weighted by Crippen LogP contribution is -2.40. The summed E-state index contributed by atoms with van der Waals surface area (Å²) in [5.74, 6) is -0.0543. The van der Waals surface area contributed by atoms with Crippen LogP contribution in [0.25, 0.3) is 0 Å². The molecule has 5 nitrogen and oxygen atoms in total. The summed E-state index contributed by atoms with van der Waals surface area (Å²) >= 11 is 0. The van der Waals surface area contributed by atoms with Gasteiger partial charge in [-0.25, -0.2) is 0 Å². The number of hydrogen-bond donors (Lipinski definition) is 2. The molecule has 17 heavy (non-hydrogen) atoms. The first-order valence-electron chi connectivity index (χ1n) is 5.88. The first-order chi connectivity index (χ1) is 7.70. The topological polar surface area (TPSA) is 67.4 Å². The highest BCUT2D eigenvalue weighted by molar-refractivity contribution is 5.85. The van der Waals surface area contributed by atoms with Crippen molar-refractivity contribution in [3.05, 3.63) is 0 Å². The lowest BCUT2D eigenvalue weighted by molar-refractivity contribution is -0.132. The SMILES string of the molecule is CC(C)CNC(=O)CNC(=O)COC(C)(C)C. The normalized spacial score (nSPS) is 11.4. The van der Waals surface area contributed by atoms with E-state index in [1.54, 1.807) is 0 Å². The molecule has 0 aliphatic heterocycles. The van der Waals surface area contributed by atoms with Crippen LogP contribution in [0, 0.1) is 5.92 Å². The summed E-state index contributed by atoms with van der Waals surface area (Å²) in [6, 6.07) is 0. The minimum absolute atomic E-state index is 0.000936. The molecule has 0 rings (SSSR count). The summed E-state index contributed by atoms with van der Waals surface area (Å²) in [6.45, 7) is 10.2. The monoisotopic (exact) mass is 244 g/mol. The zero-order valence-corrected chi connectivity index (χ0v) is 11.4. The Hall–Kier alpha value is -1.10. The second kappa shape index (κ2) is 7.27. The van der Waals surface area contributed by atoms with E-state index in [4.69, 9.17) is 4.74 Å². The van der Waals surface area contributed by atoms with Crippen molar-refractivity contribution >= 4 is 11.8 Å². The highest BCUT2D eigenvalue weighted by atomic mass is 16.5. The maximum absolute atomic E-state index is 11.3. The zero-order chi connectivity index (χ0) is 13.5. The van der Waals surface area contributed by atoms with E-state index in [0.717, 1.165) is 0 Å². The average Bonchev–Trinajstić information content (AvgIpc) is 2.19. The van der Waals surface area contributed by atoms with Crippen LogP contribution >= 0.6 is 0 Å². The van der Waals surface area contributed by atoms with Crippen molar-refractivity contribution in [2.45, 2.75) is 40.2 Å². The van der Waals surface area contributed by atoms with Crippen LogP contribution in [0.15, 0.2) is 0 Å². The molecule has 0 aliphatic rings. The van der Waals surface area contributed by atoms with Gasteiger partial charge in [0.1, 0.15) is 6.61 Å². The van der Waals surface area contributed by atoms with Gasteiger partial charge < -0.3 is 15.4 Å². The fraction of sp³-hybridized carbons (Fsp3) is 0.833. The molecule has 0 radical (unpaired) electrons. The summed E-state index contributed by atoms with van der Waals surface area (Å²) in [7, 11) is 0. The summed E-state index contributed by atoms with van der Waals surface area (Å²) in [5.41, 5.74) is -0.350. The standard InChI is InChI=1S/C12H24N2O3/c1-9(2)6-13-10(15)7-14-11(16)8-17-12(3,4)5/h9H,6-8H2,1-5H3,(H,13,15)(H,14,16). The third kappa shape index (κ3) is 11.2. The molecule has 0 aromatic carbocycles. The number of ether oxygens (including phenoxy) is 1. The van der Waals surface area contributed by atoms with Crippen LogP contribution in [0.5, 0.6) is 0 Å². The molecule has 0 aromatic heterocycles. The van der Waals surface area contributed by atoms with Crippen molar-refractivity contribution in [3.63, 3.8) is 0 Å². The average molecular weight is 244 g/mol. The van der Waals surface area contributed by atoms with Crippen molar-refractivity contribution < 1.29 is 14.3 Å². The van der Waals surface area contributed by atoms with Gasteiger partial charge in [0.25, 0.3) is 0 Å².